The number of hydrogen-bond donors (Lipinski definition) is 2. The van der Waals surface area contributed by atoms with Crippen LogP contribution < -0.4 is 10.6 Å². The molecular formula is C20H14N4O5S. The largest absolute Gasteiger partial charge is 0.459 e. The van der Waals surface area contributed by atoms with Crippen molar-refractivity contribution in [3.05, 3.63) is 81.8 Å². The number of fused-ring (bicyclic) bond motifs is 1. The van der Waals surface area contributed by atoms with Crippen LogP contribution in [0.3, 0.4) is 0 Å². The summed E-state index contributed by atoms with van der Waals surface area (Å²) >= 11 is 1.24. The maximum absolute atomic E-state index is 12.5. The Morgan fingerprint density at radius 3 is 2.67 bits per heavy atom. The number of nitrogens with one attached hydrogen (secondary N) is 2. The minimum atomic E-state index is -0.520. The van der Waals surface area contributed by atoms with Crippen LogP contribution in [0.2, 0.25) is 0 Å². The fraction of sp³-hybridized carbons (Fsp3) is 0.0500. The van der Waals surface area contributed by atoms with E-state index in [0.29, 0.717) is 21.9 Å². The van der Waals surface area contributed by atoms with Crippen molar-refractivity contribution in [2.24, 2.45) is 0 Å². The van der Waals surface area contributed by atoms with E-state index in [2.05, 4.69) is 15.6 Å². The van der Waals surface area contributed by atoms with Gasteiger partial charge in [0.15, 0.2) is 10.9 Å². The van der Waals surface area contributed by atoms with Crippen LogP contribution in [0.4, 0.5) is 16.5 Å². The number of aryl methyl sites for hydroxylation is 1. The third-order valence-electron chi connectivity index (χ3n) is 4.28. The number of hydrogen-bond acceptors (Lipinski definition) is 7. The Bertz CT molecular complexity index is 1280. The zero-order chi connectivity index (χ0) is 21.3. The molecule has 2 aromatic carbocycles. The van der Waals surface area contributed by atoms with E-state index in [1.807, 2.05) is 0 Å². The molecule has 0 aliphatic heterocycles. The molecule has 0 spiro atoms. The Kier molecular flexibility index (Phi) is 4.98. The highest BCUT2D eigenvalue weighted by atomic mass is 32.1. The molecule has 9 nitrogen and oxygen atoms in total. The van der Waals surface area contributed by atoms with Crippen LogP contribution in [0.25, 0.3) is 10.2 Å². The number of amides is 2. The van der Waals surface area contributed by atoms with Crippen LogP contribution in [0.15, 0.2) is 59.2 Å². The van der Waals surface area contributed by atoms with Crippen LogP contribution in [-0.2, 0) is 0 Å². The highest BCUT2D eigenvalue weighted by Crippen LogP contribution is 2.29. The van der Waals surface area contributed by atoms with E-state index in [-0.39, 0.29) is 17.0 Å². The van der Waals surface area contributed by atoms with Crippen LogP contribution in [-0.4, -0.2) is 21.7 Å². The Morgan fingerprint density at radius 2 is 1.93 bits per heavy atom. The first-order chi connectivity index (χ1) is 14.4. The van der Waals surface area contributed by atoms with E-state index in [9.17, 15) is 19.7 Å². The number of rotatable bonds is 5. The van der Waals surface area contributed by atoms with Gasteiger partial charge in [-0.15, -0.1) is 0 Å². The summed E-state index contributed by atoms with van der Waals surface area (Å²) in [5.41, 5.74) is 1.70. The van der Waals surface area contributed by atoms with Crippen molar-refractivity contribution in [2.45, 2.75) is 6.92 Å². The summed E-state index contributed by atoms with van der Waals surface area (Å²) in [6.45, 7) is 1.61. The lowest BCUT2D eigenvalue weighted by molar-refractivity contribution is -0.385. The standard InChI is InChI=1S/C20H14N4O5S/c1-11-4-5-12(9-15(11)24(27)28)18(25)21-13-6-7-14-17(10-13)30-20(22-14)23-19(26)16-3-2-8-29-16/h2-10H,1H3,(H,21,25)(H,22,23,26). The van der Waals surface area contributed by atoms with E-state index < -0.39 is 16.7 Å². The minimum Gasteiger partial charge on any atom is -0.459 e. The fourth-order valence-corrected chi connectivity index (χ4v) is 3.67. The van der Waals surface area contributed by atoms with Gasteiger partial charge < -0.3 is 9.73 Å². The molecule has 0 radical (unpaired) electrons. The number of aromatic nitrogens is 1. The zero-order valence-electron chi connectivity index (χ0n) is 15.5. The van der Waals surface area contributed by atoms with Gasteiger partial charge in [0, 0.05) is 22.9 Å². The summed E-state index contributed by atoms with van der Waals surface area (Å²) in [6.07, 6.45) is 1.41. The molecule has 0 bridgehead atoms. The van der Waals surface area contributed by atoms with Gasteiger partial charge in [0.2, 0.25) is 0 Å². The van der Waals surface area contributed by atoms with Gasteiger partial charge in [0.05, 0.1) is 21.4 Å². The van der Waals surface area contributed by atoms with Gasteiger partial charge in [-0.3, -0.25) is 25.0 Å². The molecule has 0 unspecified atom stereocenters. The third kappa shape index (κ3) is 3.89. The van der Waals surface area contributed by atoms with Gasteiger partial charge in [0.25, 0.3) is 17.5 Å². The fourth-order valence-electron chi connectivity index (χ4n) is 2.77. The summed E-state index contributed by atoms with van der Waals surface area (Å²) in [6, 6.07) is 12.6. The maximum Gasteiger partial charge on any atom is 0.293 e. The second-order valence-corrected chi connectivity index (χ2v) is 7.38. The van der Waals surface area contributed by atoms with E-state index in [1.165, 1.54) is 35.8 Å². The number of nitrogens with zero attached hydrogens (tertiary/aromatic N) is 2. The van der Waals surface area contributed by atoms with Crippen molar-refractivity contribution in [1.82, 2.24) is 4.98 Å². The first kappa shape index (κ1) is 19.3. The second-order valence-electron chi connectivity index (χ2n) is 6.35. The van der Waals surface area contributed by atoms with Gasteiger partial charge in [-0.1, -0.05) is 17.4 Å². The molecule has 2 aromatic heterocycles. The van der Waals surface area contributed by atoms with Gasteiger partial charge in [-0.2, -0.15) is 0 Å². The predicted molar refractivity (Wildman–Crippen MR) is 112 cm³/mol. The van der Waals surface area contributed by atoms with Crippen LogP contribution in [0, 0.1) is 17.0 Å². The number of thiazole rings is 1. The lowest BCUT2D eigenvalue weighted by atomic mass is 10.1. The molecular weight excluding hydrogens is 408 g/mol. The van der Waals surface area contributed by atoms with Gasteiger partial charge in [0.1, 0.15) is 0 Å². The van der Waals surface area contributed by atoms with Crippen molar-refractivity contribution in [3.63, 3.8) is 0 Å². The van der Waals surface area contributed by atoms with Crippen molar-refractivity contribution < 1.29 is 18.9 Å². The summed E-state index contributed by atoms with van der Waals surface area (Å²) < 4.78 is 5.80. The van der Waals surface area contributed by atoms with E-state index in [4.69, 9.17) is 4.42 Å². The first-order valence-corrected chi connectivity index (χ1v) is 9.54. The lowest BCUT2D eigenvalue weighted by Crippen LogP contribution is -2.12. The second kappa shape index (κ2) is 7.76. The normalized spacial score (nSPS) is 10.7. The Balaban J connectivity index is 1.52. The van der Waals surface area contributed by atoms with Gasteiger partial charge in [-0.25, -0.2) is 4.98 Å². The number of furan rings is 1. The molecule has 0 aliphatic carbocycles. The molecule has 0 saturated carbocycles. The topological polar surface area (TPSA) is 127 Å². The Morgan fingerprint density at radius 1 is 1.10 bits per heavy atom. The molecule has 2 amide bonds. The molecule has 0 atom stereocenters. The maximum atomic E-state index is 12.5. The molecule has 0 fully saturated rings. The quantitative estimate of drug-likeness (QED) is 0.357. The van der Waals surface area contributed by atoms with Crippen molar-refractivity contribution in [1.29, 1.82) is 0 Å². The highest BCUT2D eigenvalue weighted by Gasteiger charge is 2.16. The van der Waals surface area contributed by atoms with Crippen LogP contribution in [0.5, 0.6) is 0 Å². The Hall–Kier alpha value is -4.05. The molecule has 10 heteroatoms. The number of nitro benzene ring substituents is 1. The van der Waals surface area contributed by atoms with Gasteiger partial charge >= 0.3 is 0 Å². The molecule has 30 heavy (non-hydrogen) atoms. The number of nitro groups is 1. The predicted octanol–water partition coefficient (Wildman–Crippen LogP) is 4.61. The number of carbonyl (C=O) groups is 2. The van der Waals surface area contributed by atoms with E-state index in [1.54, 1.807) is 37.3 Å². The summed E-state index contributed by atoms with van der Waals surface area (Å²) in [7, 11) is 0. The molecule has 0 aliphatic rings. The van der Waals surface area contributed by atoms with Crippen molar-refractivity contribution >= 4 is 49.9 Å². The summed E-state index contributed by atoms with van der Waals surface area (Å²) in [4.78, 5) is 39.5. The third-order valence-corrected chi connectivity index (χ3v) is 5.21. The highest BCUT2D eigenvalue weighted by molar-refractivity contribution is 7.22. The average Bonchev–Trinajstić information content (AvgIpc) is 3.37. The monoisotopic (exact) mass is 422 g/mol. The smallest absolute Gasteiger partial charge is 0.293 e. The molecule has 2 heterocycles. The van der Waals surface area contributed by atoms with Crippen LogP contribution in [0.1, 0.15) is 26.5 Å². The summed E-state index contributed by atoms with van der Waals surface area (Å²) in [5.74, 6) is -0.698. The van der Waals surface area contributed by atoms with E-state index in [0.717, 1.165) is 4.70 Å². The van der Waals surface area contributed by atoms with E-state index >= 15 is 0 Å². The minimum absolute atomic E-state index is 0.113. The van der Waals surface area contributed by atoms with Crippen LogP contribution >= 0.6 is 11.3 Å². The van der Waals surface area contributed by atoms with Crippen molar-refractivity contribution in [3.8, 4) is 0 Å². The zero-order valence-corrected chi connectivity index (χ0v) is 16.4. The van der Waals surface area contributed by atoms with Gasteiger partial charge in [-0.05, 0) is 43.3 Å². The lowest BCUT2D eigenvalue weighted by Gasteiger charge is -2.06. The number of benzene rings is 2. The number of anilines is 2. The summed E-state index contributed by atoms with van der Waals surface area (Å²) in [5, 5.41) is 16.9. The first-order valence-electron chi connectivity index (χ1n) is 8.72. The average molecular weight is 422 g/mol. The molecule has 0 saturated heterocycles. The molecule has 4 rings (SSSR count). The molecule has 4 aromatic rings. The van der Waals surface area contributed by atoms with Crippen molar-refractivity contribution in [2.75, 3.05) is 10.6 Å². The number of carbonyl (C=O) groups excluding carboxylic acids is 2. The molecule has 2 N–H and O–H groups in total. The SMILES string of the molecule is Cc1ccc(C(=O)Nc2ccc3nc(NC(=O)c4ccco4)sc3c2)cc1[N+](=O)[O-]. The Labute approximate surface area is 173 Å². The molecule has 150 valence electrons.